The number of benzene rings is 2. The highest BCUT2D eigenvalue weighted by atomic mass is 32.2. The molecule has 0 unspecified atom stereocenters. The summed E-state index contributed by atoms with van der Waals surface area (Å²) in [5.41, 5.74) is 2.01. The lowest BCUT2D eigenvalue weighted by molar-refractivity contribution is -0.113. The van der Waals surface area contributed by atoms with Crippen molar-refractivity contribution in [1.29, 1.82) is 0 Å². The van der Waals surface area contributed by atoms with Crippen molar-refractivity contribution in [1.82, 2.24) is 25.0 Å². The lowest BCUT2D eigenvalue weighted by Crippen LogP contribution is -2.14. The van der Waals surface area contributed by atoms with Gasteiger partial charge < -0.3 is 14.8 Å². The number of carbonyl (C=O) groups excluding carboxylic acids is 1. The maximum atomic E-state index is 14.0. The van der Waals surface area contributed by atoms with Gasteiger partial charge in [0.25, 0.3) is 0 Å². The fourth-order valence-corrected chi connectivity index (χ4v) is 3.81. The lowest BCUT2D eigenvalue weighted by atomic mass is 10.2. The molecule has 0 bridgehead atoms. The van der Waals surface area contributed by atoms with Crippen molar-refractivity contribution in [2.45, 2.75) is 11.6 Å². The zero-order chi connectivity index (χ0) is 21.2. The fraction of sp³-hybridized carbons (Fsp3) is 0.150. The molecule has 11 heteroatoms. The Hall–Kier alpha value is -3.73. The van der Waals surface area contributed by atoms with Crippen LogP contribution in [0.5, 0.6) is 11.5 Å². The number of aromatic nitrogens is 5. The fourth-order valence-electron chi connectivity index (χ4n) is 3.08. The third kappa shape index (κ3) is 3.99. The largest absolute Gasteiger partial charge is 0.454 e. The SMILES string of the molecule is O=C(CSc1ncnc2c1nnn2Cc1ccccc1F)Nc1ccc2c(c1)OCO2. The average Bonchev–Trinajstić information content (AvgIpc) is 3.41. The molecule has 3 heterocycles. The summed E-state index contributed by atoms with van der Waals surface area (Å²) in [6.45, 7) is 0.360. The van der Waals surface area contributed by atoms with E-state index in [9.17, 15) is 9.18 Å². The van der Waals surface area contributed by atoms with Gasteiger partial charge in [-0.1, -0.05) is 35.2 Å². The molecule has 9 nitrogen and oxygen atoms in total. The first-order chi connectivity index (χ1) is 15.2. The normalized spacial score (nSPS) is 12.3. The Labute approximate surface area is 179 Å². The van der Waals surface area contributed by atoms with Gasteiger partial charge in [-0.3, -0.25) is 4.79 Å². The van der Waals surface area contributed by atoms with Gasteiger partial charge in [0, 0.05) is 17.3 Å². The molecule has 0 radical (unpaired) electrons. The number of halogens is 1. The van der Waals surface area contributed by atoms with E-state index in [2.05, 4.69) is 25.6 Å². The number of carbonyl (C=O) groups is 1. The minimum atomic E-state index is -0.324. The monoisotopic (exact) mass is 438 g/mol. The summed E-state index contributed by atoms with van der Waals surface area (Å²) in [6, 6.07) is 11.7. The van der Waals surface area contributed by atoms with Gasteiger partial charge in [0.2, 0.25) is 12.7 Å². The number of thioether (sulfide) groups is 1. The molecule has 2 aromatic heterocycles. The summed E-state index contributed by atoms with van der Waals surface area (Å²) in [4.78, 5) is 20.8. The number of nitrogens with one attached hydrogen (secondary N) is 1. The molecule has 1 aliphatic heterocycles. The molecule has 0 fully saturated rings. The minimum absolute atomic E-state index is 0.112. The third-order valence-electron chi connectivity index (χ3n) is 4.54. The van der Waals surface area contributed by atoms with Gasteiger partial charge >= 0.3 is 0 Å². The van der Waals surface area contributed by atoms with Crippen molar-refractivity contribution in [2.24, 2.45) is 0 Å². The molecule has 4 aromatic rings. The molecule has 0 atom stereocenters. The van der Waals surface area contributed by atoms with E-state index in [0.29, 0.717) is 38.9 Å². The topological polar surface area (TPSA) is 104 Å². The molecular formula is C20H15FN6O3S. The molecule has 0 spiro atoms. The van der Waals surface area contributed by atoms with E-state index < -0.39 is 0 Å². The van der Waals surface area contributed by atoms with Crippen LogP contribution in [0.25, 0.3) is 11.2 Å². The lowest BCUT2D eigenvalue weighted by Gasteiger charge is -2.06. The van der Waals surface area contributed by atoms with Crippen molar-refractivity contribution < 1.29 is 18.7 Å². The molecule has 5 rings (SSSR count). The van der Waals surface area contributed by atoms with Gasteiger partial charge in [0.1, 0.15) is 17.2 Å². The minimum Gasteiger partial charge on any atom is -0.454 e. The van der Waals surface area contributed by atoms with Gasteiger partial charge in [0.05, 0.1) is 12.3 Å². The van der Waals surface area contributed by atoms with Crippen LogP contribution < -0.4 is 14.8 Å². The average molecular weight is 438 g/mol. The number of ether oxygens (including phenoxy) is 2. The quantitative estimate of drug-likeness (QED) is 0.362. The standard InChI is InChI=1S/C20H15FN6O3S/c21-14-4-2-1-3-12(14)8-27-19-18(25-26-27)20(23-10-22-19)31-9-17(28)24-13-5-6-15-16(7-13)30-11-29-15/h1-7,10H,8-9,11H2,(H,24,28). The number of anilines is 1. The van der Waals surface area contributed by atoms with Crippen molar-refractivity contribution in [3.8, 4) is 11.5 Å². The number of hydrogen-bond donors (Lipinski definition) is 1. The Morgan fingerprint density at radius 1 is 1.16 bits per heavy atom. The zero-order valence-corrected chi connectivity index (χ0v) is 16.8. The van der Waals surface area contributed by atoms with Crippen LogP contribution in [0.2, 0.25) is 0 Å². The summed E-state index contributed by atoms with van der Waals surface area (Å²) < 4.78 is 26.0. The van der Waals surface area contributed by atoms with E-state index in [1.807, 2.05) is 0 Å². The van der Waals surface area contributed by atoms with Gasteiger partial charge in [-0.2, -0.15) is 0 Å². The van der Waals surface area contributed by atoms with E-state index in [1.54, 1.807) is 36.4 Å². The first-order valence-electron chi connectivity index (χ1n) is 9.27. The van der Waals surface area contributed by atoms with Crippen LogP contribution in [0.1, 0.15) is 5.56 Å². The van der Waals surface area contributed by atoms with E-state index in [-0.39, 0.29) is 30.8 Å². The second-order valence-corrected chi connectivity index (χ2v) is 7.56. The van der Waals surface area contributed by atoms with Crippen LogP contribution in [0, 0.1) is 5.82 Å². The molecule has 1 amide bonds. The number of rotatable bonds is 6. The molecule has 0 aliphatic carbocycles. The Morgan fingerprint density at radius 2 is 2.03 bits per heavy atom. The molecule has 0 saturated carbocycles. The van der Waals surface area contributed by atoms with Crippen molar-refractivity contribution in [2.75, 3.05) is 17.9 Å². The van der Waals surface area contributed by atoms with Crippen LogP contribution >= 0.6 is 11.8 Å². The predicted octanol–water partition coefficient (Wildman–Crippen LogP) is 2.87. The summed E-state index contributed by atoms with van der Waals surface area (Å²) in [5.74, 6) is 0.814. The Morgan fingerprint density at radius 3 is 2.94 bits per heavy atom. The molecule has 1 aliphatic rings. The van der Waals surface area contributed by atoms with E-state index in [1.165, 1.54) is 28.8 Å². The van der Waals surface area contributed by atoms with Crippen LogP contribution in [-0.4, -0.2) is 43.4 Å². The maximum Gasteiger partial charge on any atom is 0.234 e. The van der Waals surface area contributed by atoms with Gasteiger partial charge in [0.15, 0.2) is 22.7 Å². The number of fused-ring (bicyclic) bond motifs is 2. The van der Waals surface area contributed by atoms with Crippen LogP contribution in [-0.2, 0) is 11.3 Å². The summed E-state index contributed by atoms with van der Waals surface area (Å²) in [6.07, 6.45) is 1.38. The van der Waals surface area contributed by atoms with Crippen molar-refractivity contribution in [3.05, 3.63) is 60.2 Å². The van der Waals surface area contributed by atoms with Gasteiger partial charge in [-0.15, -0.1) is 5.10 Å². The second-order valence-electron chi connectivity index (χ2n) is 6.59. The molecular weight excluding hydrogens is 423 g/mol. The maximum absolute atomic E-state index is 14.0. The first-order valence-corrected chi connectivity index (χ1v) is 10.3. The van der Waals surface area contributed by atoms with Gasteiger partial charge in [-0.25, -0.2) is 19.0 Å². The number of amides is 1. The molecule has 0 saturated heterocycles. The summed E-state index contributed by atoms with van der Waals surface area (Å²) in [7, 11) is 0. The van der Waals surface area contributed by atoms with Crippen LogP contribution in [0.4, 0.5) is 10.1 Å². The van der Waals surface area contributed by atoms with E-state index >= 15 is 0 Å². The van der Waals surface area contributed by atoms with Crippen molar-refractivity contribution >= 4 is 34.5 Å². The highest BCUT2D eigenvalue weighted by Crippen LogP contribution is 2.34. The predicted molar refractivity (Wildman–Crippen MR) is 111 cm³/mol. The molecule has 156 valence electrons. The number of hydrogen-bond acceptors (Lipinski definition) is 8. The van der Waals surface area contributed by atoms with E-state index in [4.69, 9.17) is 9.47 Å². The summed E-state index contributed by atoms with van der Waals surface area (Å²) in [5, 5.41) is 11.5. The van der Waals surface area contributed by atoms with Crippen molar-refractivity contribution in [3.63, 3.8) is 0 Å². The van der Waals surface area contributed by atoms with Gasteiger partial charge in [-0.05, 0) is 18.2 Å². The second kappa shape index (κ2) is 8.19. The third-order valence-corrected chi connectivity index (χ3v) is 5.52. The first kappa shape index (κ1) is 19.2. The number of nitrogens with zero attached hydrogens (tertiary/aromatic N) is 5. The zero-order valence-electron chi connectivity index (χ0n) is 16.0. The smallest absolute Gasteiger partial charge is 0.234 e. The highest BCUT2D eigenvalue weighted by Gasteiger charge is 2.16. The summed E-state index contributed by atoms with van der Waals surface area (Å²) >= 11 is 1.22. The Balaban J connectivity index is 1.28. The Bertz CT molecular complexity index is 1280. The van der Waals surface area contributed by atoms with Crippen LogP contribution in [0.15, 0.2) is 53.8 Å². The highest BCUT2D eigenvalue weighted by molar-refractivity contribution is 8.00. The Kier molecular flexibility index (Phi) is 5.08. The molecule has 2 aromatic carbocycles. The van der Waals surface area contributed by atoms with E-state index in [0.717, 1.165) is 0 Å². The molecule has 31 heavy (non-hydrogen) atoms. The molecule has 1 N–H and O–H groups in total. The van der Waals surface area contributed by atoms with Crippen LogP contribution in [0.3, 0.4) is 0 Å².